The first-order valence-electron chi connectivity index (χ1n) is 6.23. The van der Waals surface area contributed by atoms with E-state index in [1.165, 1.54) is 11.3 Å². The molecule has 0 atom stereocenters. The number of aromatic nitrogens is 4. The van der Waals surface area contributed by atoms with E-state index in [0.717, 1.165) is 5.56 Å². The Hall–Kier alpha value is -2.48. The van der Waals surface area contributed by atoms with E-state index in [9.17, 15) is 4.79 Å². The van der Waals surface area contributed by atoms with E-state index in [-0.39, 0.29) is 5.91 Å². The molecule has 0 aliphatic rings. The van der Waals surface area contributed by atoms with Gasteiger partial charge in [-0.2, -0.15) is 4.52 Å². The van der Waals surface area contributed by atoms with Crippen molar-refractivity contribution in [2.75, 3.05) is 12.4 Å². The fraction of sp³-hybridized carbons (Fsp3) is 0.231. The molecule has 0 aliphatic carbocycles. The van der Waals surface area contributed by atoms with Gasteiger partial charge in [-0.25, -0.2) is 0 Å². The SMILES string of the molecule is COc1ccc(C)cc1NC(=O)c1nn2c(C)nnc2s1. The number of aryl methyl sites for hydroxylation is 2. The number of methoxy groups -OCH3 is 1. The summed E-state index contributed by atoms with van der Waals surface area (Å²) in [6, 6.07) is 5.58. The fourth-order valence-corrected chi connectivity index (χ4v) is 2.68. The van der Waals surface area contributed by atoms with Gasteiger partial charge in [0.2, 0.25) is 9.97 Å². The van der Waals surface area contributed by atoms with E-state index in [4.69, 9.17) is 4.74 Å². The van der Waals surface area contributed by atoms with E-state index in [2.05, 4.69) is 20.6 Å². The average Bonchev–Trinajstić information content (AvgIpc) is 3.02. The van der Waals surface area contributed by atoms with E-state index in [0.29, 0.717) is 27.2 Å². The summed E-state index contributed by atoms with van der Waals surface area (Å²) in [6.45, 7) is 3.73. The van der Waals surface area contributed by atoms with Crippen LogP contribution >= 0.6 is 11.3 Å². The minimum atomic E-state index is -0.297. The lowest BCUT2D eigenvalue weighted by Gasteiger charge is -2.09. The predicted octanol–water partition coefficient (Wildman–Crippen LogP) is 2.06. The second kappa shape index (κ2) is 5.13. The molecule has 2 heterocycles. The smallest absolute Gasteiger partial charge is 0.286 e. The lowest BCUT2D eigenvalue weighted by molar-refractivity contribution is 0.102. The molecule has 0 radical (unpaired) electrons. The van der Waals surface area contributed by atoms with Gasteiger partial charge >= 0.3 is 0 Å². The minimum absolute atomic E-state index is 0.297. The van der Waals surface area contributed by atoms with Crippen molar-refractivity contribution in [3.63, 3.8) is 0 Å². The summed E-state index contributed by atoms with van der Waals surface area (Å²) in [5.41, 5.74) is 1.64. The van der Waals surface area contributed by atoms with Gasteiger partial charge < -0.3 is 10.1 Å². The van der Waals surface area contributed by atoms with Crippen LogP contribution in [-0.4, -0.2) is 32.8 Å². The number of nitrogens with zero attached hydrogens (tertiary/aromatic N) is 4. The number of ether oxygens (including phenoxy) is 1. The Bertz CT molecular complexity index is 823. The Balaban J connectivity index is 1.90. The molecular weight excluding hydrogens is 290 g/mol. The zero-order valence-corrected chi connectivity index (χ0v) is 12.6. The number of carbonyl (C=O) groups is 1. The molecule has 3 rings (SSSR count). The van der Waals surface area contributed by atoms with Gasteiger partial charge in [-0.05, 0) is 31.5 Å². The van der Waals surface area contributed by atoms with Gasteiger partial charge in [0.25, 0.3) is 5.91 Å². The highest BCUT2D eigenvalue weighted by molar-refractivity contribution is 7.18. The molecular formula is C13H13N5O2S. The van der Waals surface area contributed by atoms with Gasteiger partial charge in [0, 0.05) is 0 Å². The standard InChI is InChI=1S/C13H13N5O2S/c1-7-4-5-10(20-3)9(6-7)14-11(19)12-17-18-8(2)15-16-13(18)21-12/h4-6H,1-3H3,(H,14,19). The van der Waals surface area contributed by atoms with Crippen molar-refractivity contribution in [1.82, 2.24) is 19.8 Å². The first-order valence-corrected chi connectivity index (χ1v) is 7.05. The lowest BCUT2D eigenvalue weighted by Crippen LogP contribution is -2.13. The zero-order valence-electron chi connectivity index (χ0n) is 11.7. The van der Waals surface area contributed by atoms with Gasteiger partial charge in [0.15, 0.2) is 5.82 Å². The molecule has 3 aromatic rings. The molecule has 0 fully saturated rings. The van der Waals surface area contributed by atoms with Crippen LogP contribution in [-0.2, 0) is 0 Å². The number of benzene rings is 1. The maximum atomic E-state index is 12.3. The van der Waals surface area contributed by atoms with E-state index in [1.54, 1.807) is 18.5 Å². The summed E-state index contributed by atoms with van der Waals surface area (Å²) in [5, 5.41) is 15.2. The largest absolute Gasteiger partial charge is 0.495 e. The summed E-state index contributed by atoms with van der Waals surface area (Å²) in [4.78, 5) is 12.9. The monoisotopic (exact) mass is 303 g/mol. The maximum absolute atomic E-state index is 12.3. The number of nitrogens with one attached hydrogen (secondary N) is 1. The minimum Gasteiger partial charge on any atom is -0.495 e. The second-order valence-electron chi connectivity index (χ2n) is 4.51. The number of fused-ring (bicyclic) bond motifs is 1. The second-order valence-corrected chi connectivity index (χ2v) is 5.46. The Morgan fingerprint density at radius 2 is 2.14 bits per heavy atom. The molecule has 21 heavy (non-hydrogen) atoms. The molecule has 0 saturated carbocycles. The van der Waals surface area contributed by atoms with E-state index < -0.39 is 0 Å². The van der Waals surface area contributed by atoms with Crippen molar-refractivity contribution < 1.29 is 9.53 Å². The molecule has 8 heteroatoms. The van der Waals surface area contributed by atoms with Crippen LogP contribution in [0.5, 0.6) is 5.75 Å². The number of anilines is 1. The van der Waals surface area contributed by atoms with Crippen LogP contribution in [0.25, 0.3) is 4.96 Å². The third-order valence-electron chi connectivity index (χ3n) is 2.94. The molecule has 1 amide bonds. The van der Waals surface area contributed by atoms with Crippen molar-refractivity contribution in [1.29, 1.82) is 0 Å². The molecule has 0 aliphatic heterocycles. The Morgan fingerprint density at radius 3 is 2.86 bits per heavy atom. The van der Waals surface area contributed by atoms with Crippen LogP contribution in [0, 0.1) is 13.8 Å². The van der Waals surface area contributed by atoms with Gasteiger partial charge in [-0.15, -0.1) is 15.3 Å². The summed E-state index contributed by atoms with van der Waals surface area (Å²) in [6.07, 6.45) is 0. The zero-order chi connectivity index (χ0) is 15.0. The Morgan fingerprint density at radius 1 is 1.33 bits per heavy atom. The highest BCUT2D eigenvalue weighted by Gasteiger charge is 2.17. The third kappa shape index (κ3) is 2.45. The molecule has 2 aromatic heterocycles. The van der Waals surface area contributed by atoms with Gasteiger partial charge in [-0.3, -0.25) is 4.79 Å². The third-order valence-corrected chi connectivity index (χ3v) is 3.84. The number of hydrogen-bond donors (Lipinski definition) is 1. The van der Waals surface area contributed by atoms with E-state index in [1.807, 2.05) is 25.1 Å². The van der Waals surface area contributed by atoms with Crippen molar-refractivity contribution in [2.45, 2.75) is 13.8 Å². The molecule has 0 spiro atoms. The summed E-state index contributed by atoms with van der Waals surface area (Å²) >= 11 is 1.19. The van der Waals surface area contributed by atoms with Crippen molar-refractivity contribution in [3.8, 4) is 5.75 Å². The summed E-state index contributed by atoms with van der Waals surface area (Å²) < 4.78 is 6.79. The molecule has 108 valence electrons. The number of carbonyl (C=O) groups excluding carboxylic acids is 1. The lowest BCUT2D eigenvalue weighted by atomic mass is 10.2. The maximum Gasteiger partial charge on any atom is 0.286 e. The molecule has 0 saturated heterocycles. The van der Waals surface area contributed by atoms with Crippen LogP contribution < -0.4 is 10.1 Å². The van der Waals surface area contributed by atoms with Gasteiger partial charge in [-0.1, -0.05) is 17.4 Å². The topological polar surface area (TPSA) is 81.4 Å². The first-order chi connectivity index (χ1) is 10.1. The molecule has 0 bridgehead atoms. The van der Waals surface area contributed by atoms with Crippen molar-refractivity contribution >= 4 is 27.9 Å². The highest BCUT2D eigenvalue weighted by atomic mass is 32.1. The fourth-order valence-electron chi connectivity index (χ4n) is 1.90. The van der Waals surface area contributed by atoms with Crippen LogP contribution in [0.1, 0.15) is 21.2 Å². The van der Waals surface area contributed by atoms with Crippen molar-refractivity contribution in [2.24, 2.45) is 0 Å². The number of amides is 1. The molecule has 1 aromatic carbocycles. The molecule has 7 nitrogen and oxygen atoms in total. The van der Waals surface area contributed by atoms with Crippen LogP contribution in [0.2, 0.25) is 0 Å². The molecule has 0 unspecified atom stereocenters. The normalized spacial score (nSPS) is 10.8. The van der Waals surface area contributed by atoms with Crippen LogP contribution in [0.4, 0.5) is 5.69 Å². The average molecular weight is 303 g/mol. The Kier molecular flexibility index (Phi) is 3.30. The summed E-state index contributed by atoms with van der Waals surface area (Å²) in [5.74, 6) is 0.954. The van der Waals surface area contributed by atoms with Gasteiger partial charge in [0.05, 0.1) is 12.8 Å². The van der Waals surface area contributed by atoms with E-state index >= 15 is 0 Å². The van der Waals surface area contributed by atoms with Crippen molar-refractivity contribution in [3.05, 3.63) is 34.6 Å². The highest BCUT2D eigenvalue weighted by Crippen LogP contribution is 2.26. The van der Waals surface area contributed by atoms with Gasteiger partial charge in [0.1, 0.15) is 5.75 Å². The summed E-state index contributed by atoms with van der Waals surface area (Å²) in [7, 11) is 1.56. The Labute approximate surface area is 124 Å². The first kappa shape index (κ1) is 13.5. The van der Waals surface area contributed by atoms with Crippen LogP contribution in [0.3, 0.4) is 0 Å². The quantitative estimate of drug-likeness (QED) is 0.801. The predicted molar refractivity (Wildman–Crippen MR) is 79.1 cm³/mol. The number of hydrogen-bond acceptors (Lipinski definition) is 6. The number of rotatable bonds is 3. The van der Waals surface area contributed by atoms with Crippen LogP contribution in [0.15, 0.2) is 18.2 Å². The molecule has 1 N–H and O–H groups in total.